The Balaban J connectivity index is 0. The Kier molecular flexibility index (Phi) is 14.5. The first kappa shape index (κ1) is 13.1. The molecule has 0 heterocycles. The van der Waals surface area contributed by atoms with Crippen molar-refractivity contribution in [2.45, 2.75) is 46.5 Å². The third-order valence-corrected chi connectivity index (χ3v) is 1.22. The summed E-state index contributed by atoms with van der Waals surface area (Å²) in [6.45, 7) is 6.18. The Bertz CT molecular complexity index is 71.6. The highest BCUT2D eigenvalue weighted by atomic mass is 16.5. The zero-order chi connectivity index (χ0) is 9.11. The number of carbonyl (C=O) groups excluding carboxylic acids is 1. The molecule has 0 spiro atoms. The molecule has 0 saturated heterocycles. The molecule has 0 aliphatic rings. The van der Waals surface area contributed by atoms with Gasteiger partial charge in [-0.1, -0.05) is 40.0 Å². The number of hydrogen-bond acceptors (Lipinski definition) is 2. The number of unbranched alkanes of at least 4 members (excludes halogenated alkanes) is 2. The Labute approximate surface area is 69.9 Å². The smallest absolute Gasteiger partial charge is 0.305 e. The van der Waals surface area contributed by atoms with Crippen LogP contribution in [0.1, 0.15) is 46.5 Å². The van der Waals surface area contributed by atoms with Crippen LogP contribution in [0.15, 0.2) is 0 Å². The van der Waals surface area contributed by atoms with E-state index in [1.54, 1.807) is 6.92 Å². The van der Waals surface area contributed by atoms with Crippen molar-refractivity contribution >= 4 is 5.97 Å². The molecule has 2 heteroatoms. The molecule has 0 fully saturated rings. The molecule has 2 nitrogen and oxygen atoms in total. The fraction of sp³-hybridized carbons (Fsp3) is 0.889. The monoisotopic (exact) mass is 160 g/mol. The number of carbonyl (C=O) groups is 1. The van der Waals surface area contributed by atoms with E-state index < -0.39 is 0 Å². The lowest BCUT2D eigenvalue weighted by molar-refractivity contribution is -0.140. The van der Waals surface area contributed by atoms with Gasteiger partial charge < -0.3 is 4.74 Å². The summed E-state index contributed by atoms with van der Waals surface area (Å²) in [4.78, 5) is 9.96. The zero-order valence-electron chi connectivity index (χ0n) is 8.14. The van der Waals surface area contributed by atoms with E-state index in [0.29, 0.717) is 6.42 Å². The normalized spacial score (nSPS) is 8.00. The van der Waals surface area contributed by atoms with Crippen molar-refractivity contribution in [2.24, 2.45) is 0 Å². The lowest BCUT2D eigenvalue weighted by Gasteiger charge is -1.87. The van der Waals surface area contributed by atoms with Crippen LogP contribution in [0, 0.1) is 0 Å². The maximum Gasteiger partial charge on any atom is 0.305 e. The van der Waals surface area contributed by atoms with E-state index in [2.05, 4.69) is 18.6 Å². The van der Waals surface area contributed by atoms with Crippen LogP contribution in [0.3, 0.4) is 0 Å². The van der Waals surface area contributed by atoms with Crippen LogP contribution in [0.25, 0.3) is 0 Å². The molecule has 0 atom stereocenters. The molecule has 0 aromatic carbocycles. The summed E-state index contributed by atoms with van der Waals surface area (Å²) in [5, 5.41) is 0. The second-order valence-electron chi connectivity index (χ2n) is 2.28. The van der Waals surface area contributed by atoms with Crippen LogP contribution in [0.2, 0.25) is 0 Å². The molecule has 0 bridgehead atoms. The fourth-order valence-electron chi connectivity index (χ4n) is 0.498. The Morgan fingerprint density at radius 3 is 1.64 bits per heavy atom. The second-order valence-corrected chi connectivity index (χ2v) is 2.28. The molecule has 0 amide bonds. The second kappa shape index (κ2) is 12.2. The quantitative estimate of drug-likeness (QED) is 0.593. The minimum atomic E-state index is -0.157. The van der Waals surface area contributed by atoms with Crippen molar-refractivity contribution in [3.05, 3.63) is 0 Å². The highest BCUT2D eigenvalue weighted by molar-refractivity contribution is 5.68. The van der Waals surface area contributed by atoms with E-state index in [-0.39, 0.29) is 5.97 Å². The molecule has 0 radical (unpaired) electrons. The largest absolute Gasteiger partial charge is 0.469 e. The number of hydrogen-bond donors (Lipinski definition) is 0. The van der Waals surface area contributed by atoms with Crippen molar-refractivity contribution < 1.29 is 9.53 Å². The standard InChI is InChI=1S/C5H12.C4H8O2/c1-3-5-4-2;1-3-4(5)6-2/h3-5H2,1-2H3;3H2,1-2H3. The van der Waals surface area contributed by atoms with E-state index in [4.69, 9.17) is 0 Å². The lowest BCUT2D eigenvalue weighted by Crippen LogP contribution is -1.94. The zero-order valence-corrected chi connectivity index (χ0v) is 8.14. The molecular weight excluding hydrogens is 140 g/mol. The fourth-order valence-corrected chi connectivity index (χ4v) is 0.498. The average molecular weight is 160 g/mol. The topological polar surface area (TPSA) is 26.3 Å². The van der Waals surface area contributed by atoms with Crippen LogP contribution in [0.4, 0.5) is 0 Å². The molecule has 11 heavy (non-hydrogen) atoms. The number of esters is 1. The Morgan fingerprint density at radius 2 is 1.64 bits per heavy atom. The molecule has 0 rings (SSSR count). The van der Waals surface area contributed by atoms with Crippen LogP contribution in [-0.2, 0) is 9.53 Å². The maximum atomic E-state index is 9.96. The van der Waals surface area contributed by atoms with Gasteiger partial charge in [0.05, 0.1) is 7.11 Å². The van der Waals surface area contributed by atoms with Crippen molar-refractivity contribution in [1.29, 1.82) is 0 Å². The predicted octanol–water partition coefficient (Wildman–Crippen LogP) is 2.77. The van der Waals surface area contributed by atoms with Crippen molar-refractivity contribution in [3.63, 3.8) is 0 Å². The summed E-state index contributed by atoms with van der Waals surface area (Å²) >= 11 is 0. The lowest BCUT2D eigenvalue weighted by atomic mass is 10.3. The summed E-state index contributed by atoms with van der Waals surface area (Å²) in [7, 11) is 1.38. The van der Waals surface area contributed by atoms with Gasteiger partial charge in [-0.05, 0) is 0 Å². The van der Waals surface area contributed by atoms with Crippen molar-refractivity contribution in [3.8, 4) is 0 Å². The van der Waals surface area contributed by atoms with Gasteiger partial charge in [0, 0.05) is 6.42 Å². The molecule has 0 N–H and O–H groups in total. The van der Waals surface area contributed by atoms with Crippen LogP contribution >= 0.6 is 0 Å². The number of rotatable bonds is 3. The summed E-state index contributed by atoms with van der Waals surface area (Å²) in [5.41, 5.74) is 0. The van der Waals surface area contributed by atoms with Gasteiger partial charge in [-0.2, -0.15) is 0 Å². The first-order valence-electron chi connectivity index (χ1n) is 4.29. The van der Waals surface area contributed by atoms with Gasteiger partial charge in [-0.25, -0.2) is 0 Å². The minimum absolute atomic E-state index is 0.157. The molecule has 68 valence electrons. The van der Waals surface area contributed by atoms with Crippen LogP contribution < -0.4 is 0 Å². The molecule has 0 aliphatic carbocycles. The van der Waals surface area contributed by atoms with Gasteiger partial charge in [0.1, 0.15) is 0 Å². The molecular formula is C9H20O2. The van der Waals surface area contributed by atoms with Gasteiger partial charge >= 0.3 is 5.97 Å². The van der Waals surface area contributed by atoms with E-state index in [1.165, 1.54) is 26.4 Å². The summed E-state index contributed by atoms with van der Waals surface area (Å²) in [5.74, 6) is -0.157. The third kappa shape index (κ3) is 17.7. The average Bonchev–Trinajstić information content (AvgIpc) is 2.06. The van der Waals surface area contributed by atoms with Gasteiger partial charge in [-0.3, -0.25) is 4.79 Å². The van der Waals surface area contributed by atoms with Gasteiger partial charge in [-0.15, -0.1) is 0 Å². The SMILES string of the molecule is CCC(=O)OC.CCCCC. The molecule has 0 aliphatic heterocycles. The van der Waals surface area contributed by atoms with Gasteiger partial charge in [0.15, 0.2) is 0 Å². The van der Waals surface area contributed by atoms with E-state index >= 15 is 0 Å². The summed E-state index contributed by atoms with van der Waals surface area (Å²) in [6, 6.07) is 0. The Hall–Kier alpha value is -0.530. The van der Waals surface area contributed by atoms with Gasteiger partial charge in [0.25, 0.3) is 0 Å². The Morgan fingerprint density at radius 1 is 1.18 bits per heavy atom. The summed E-state index contributed by atoms with van der Waals surface area (Å²) in [6.07, 6.45) is 4.55. The third-order valence-electron chi connectivity index (χ3n) is 1.22. The highest BCUT2D eigenvalue weighted by Gasteiger charge is 1.87. The predicted molar refractivity (Wildman–Crippen MR) is 47.5 cm³/mol. The van der Waals surface area contributed by atoms with Crippen LogP contribution in [-0.4, -0.2) is 13.1 Å². The van der Waals surface area contributed by atoms with Crippen molar-refractivity contribution in [1.82, 2.24) is 0 Å². The van der Waals surface area contributed by atoms with Crippen LogP contribution in [0.5, 0.6) is 0 Å². The first-order valence-corrected chi connectivity index (χ1v) is 4.29. The molecule has 0 unspecified atom stereocenters. The number of methoxy groups -OCH3 is 1. The van der Waals surface area contributed by atoms with E-state index in [1.807, 2.05) is 0 Å². The molecule has 0 saturated carbocycles. The molecule has 0 aromatic heterocycles. The maximum absolute atomic E-state index is 9.96. The molecule has 0 aromatic rings. The summed E-state index contributed by atoms with van der Waals surface area (Å²) < 4.78 is 4.26. The number of ether oxygens (including phenoxy) is 1. The highest BCUT2D eigenvalue weighted by Crippen LogP contribution is 1.88. The first-order chi connectivity index (χ1) is 5.22. The van der Waals surface area contributed by atoms with E-state index in [0.717, 1.165) is 0 Å². The van der Waals surface area contributed by atoms with E-state index in [9.17, 15) is 4.79 Å². The minimum Gasteiger partial charge on any atom is -0.469 e. The van der Waals surface area contributed by atoms with Gasteiger partial charge in [0.2, 0.25) is 0 Å². The van der Waals surface area contributed by atoms with Crippen molar-refractivity contribution in [2.75, 3.05) is 7.11 Å².